The van der Waals surface area contributed by atoms with E-state index in [9.17, 15) is 0 Å². The first-order valence-electron chi connectivity index (χ1n) is 23.9. The molecule has 328 valence electrons. The van der Waals surface area contributed by atoms with Crippen molar-refractivity contribution in [3.8, 4) is 89.8 Å². The zero-order chi connectivity index (χ0) is 46.4. The van der Waals surface area contributed by atoms with Crippen molar-refractivity contribution in [2.24, 2.45) is 0 Å². The van der Waals surface area contributed by atoms with E-state index in [0.717, 1.165) is 112 Å². The molecule has 0 fully saturated rings. The van der Waals surface area contributed by atoms with Gasteiger partial charge in [0.05, 0.1) is 5.69 Å². The van der Waals surface area contributed by atoms with Gasteiger partial charge in [-0.05, 0) is 126 Å². The summed E-state index contributed by atoms with van der Waals surface area (Å²) in [5, 5.41) is 0. The Labute approximate surface area is 409 Å². The van der Waals surface area contributed by atoms with Crippen molar-refractivity contribution in [3.05, 3.63) is 267 Å². The summed E-state index contributed by atoms with van der Waals surface area (Å²) in [7, 11) is 0. The molecule has 13 rings (SSSR count). The maximum atomic E-state index is 7.23. The molecule has 0 spiro atoms. The van der Waals surface area contributed by atoms with Crippen LogP contribution in [0.15, 0.2) is 267 Å². The number of rotatable bonds is 9. The minimum Gasteiger partial charge on any atom is -0.458 e. The molecule has 11 aromatic carbocycles. The van der Waals surface area contributed by atoms with Crippen molar-refractivity contribution in [2.75, 3.05) is 4.90 Å². The second kappa shape index (κ2) is 17.5. The maximum Gasteiger partial charge on any atom is 0.260 e. The van der Waals surface area contributed by atoms with Gasteiger partial charge in [0.25, 0.3) is 6.71 Å². The van der Waals surface area contributed by atoms with Crippen molar-refractivity contribution in [2.45, 2.75) is 0 Å². The highest BCUT2D eigenvalue weighted by molar-refractivity contribution is 6.98. The second-order valence-electron chi connectivity index (χ2n) is 18.0. The molecule has 3 nitrogen and oxygen atoms in total. The molecule has 11 aromatic rings. The van der Waals surface area contributed by atoms with Gasteiger partial charge in [0, 0.05) is 29.0 Å². The second-order valence-corrected chi connectivity index (χ2v) is 18.0. The number of anilines is 3. The highest BCUT2D eigenvalue weighted by Gasteiger charge is 2.41. The molecule has 0 radical (unpaired) electrons. The van der Waals surface area contributed by atoms with Crippen LogP contribution in [0.1, 0.15) is 0 Å². The lowest BCUT2D eigenvalue weighted by molar-refractivity contribution is 0.465. The Hall–Kier alpha value is -9.12. The number of nitrogens with zero attached hydrogens (tertiary/aromatic N) is 1. The number of fused-ring (bicyclic) bond motifs is 4. The average molecular weight is 894 g/mol. The first-order chi connectivity index (χ1) is 34.7. The van der Waals surface area contributed by atoms with Crippen molar-refractivity contribution >= 4 is 40.2 Å². The van der Waals surface area contributed by atoms with Crippen LogP contribution in [0, 0.1) is 0 Å². The van der Waals surface area contributed by atoms with Gasteiger partial charge in [-0.2, -0.15) is 0 Å². The molecule has 0 aliphatic carbocycles. The van der Waals surface area contributed by atoms with Gasteiger partial charge in [-0.15, -0.1) is 0 Å². The van der Waals surface area contributed by atoms with Gasteiger partial charge in [0.15, 0.2) is 0 Å². The third kappa shape index (κ3) is 7.44. The van der Waals surface area contributed by atoms with Crippen LogP contribution in [0.5, 0.6) is 23.0 Å². The van der Waals surface area contributed by atoms with Gasteiger partial charge in [-0.3, -0.25) is 0 Å². The minimum absolute atomic E-state index is 0.148. The zero-order valence-electron chi connectivity index (χ0n) is 38.2. The lowest BCUT2D eigenvalue weighted by Gasteiger charge is -2.35. The average Bonchev–Trinajstić information content (AvgIpc) is 3.44. The van der Waals surface area contributed by atoms with Gasteiger partial charge in [-0.1, -0.05) is 206 Å². The van der Waals surface area contributed by atoms with E-state index in [1.165, 1.54) is 11.1 Å². The topological polar surface area (TPSA) is 21.7 Å². The smallest absolute Gasteiger partial charge is 0.260 e. The fourth-order valence-corrected chi connectivity index (χ4v) is 10.5. The van der Waals surface area contributed by atoms with Crippen LogP contribution < -0.4 is 30.8 Å². The van der Waals surface area contributed by atoms with Crippen molar-refractivity contribution in [3.63, 3.8) is 0 Å². The lowest BCUT2D eigenvalue weighted by atomic mass is 9.34. The molecule has 0 N–H and O–H groups in total. The predicted molar refractivity (Wildman–Crippen MR) is 291 cm³/mol. The van der Waals surface area contributed by atoms with Crippen LogP contribution in [0.3, 0.4) is 0 Å². The third-order valence-electron chi connectivity index (χ3n) is 13.8. The van der Waals surface area contributed by atoms with E-state index in [1.54, 1.807) is 0 Å². The normalized spacial score (nSPS) is 11.9. The highest BCUT2D eigenvalue weighted by Crippen LogP contribution is 2.45. The zero-order valence-corrected chi connectivity index (χ0v) is 38.2. The molecule has 0 unspecified atom stereocenters. The molecule has 0 bridgehead atoms. The van der Waals surface area contributed by atoms with Crippen LogP contribution >= 0.6 is 0 Å². The molecular weight excluding hydrogens is 850 g/mol. The summed E-state index contributed by atoms with van der Waals surface area (Å²) in [6.45, 7) is -0.148. The summed E-state index contributed by atoms with van der Waals surface area (Å²) >= 11 is 0. The Morgan fingerprint density at radius 2 is 0.600 bits per heavy atom. The summed E-state index contributed by atoms with van der Waals surface area (Å²) < 4.78 is 14.5. The number of hydrogen-bond donors (Lipinski definition) is 0. The van der Waals surface area contributed by atoms with Gasteiger partial charge in [-0.25, -0.2) is 0 Å². The minimum atomic E-state index is -0.148. The Kier molecular flexibility index (Phi) is 10.3. The Balaban J connectivity index is 1.01. The van der Waals surface area contributed by atoms with Crippen LogP contribution in [0.2, 0.25) is 0 Å². The Morgan fingerprint density at radius 3 is 1.00 bits per heavy atom. The number of para-hydroxylation sites is 2. The van der Waals surface area contributed by atoms with E-state index in [-0.39, 0.29) is 6.71 Å². The summed E-state index contributed by atoms with van der Waals surface area (Å²) in [5.74, 6) is 3.20. The summed E-state index contributed by atoms with van der Waals surface area (Å²) in [5.41, 5.74) is 20.0. The predicted octanol–water partition coefficient (Wildman–Crippen LogP) is 15.9. The summed E-state index contributed by atoms with van der Waals surface area (Å²) in [6.07, 6.45) is 0. The molecule has 4 heteroatoms. The van der Waals surface area contributed by atoms with Crippen LogP contribution in [0.25, 0.3) is 66.8 Å². The van der Waals surface area contributed by atoms with E-state index in [2.05, 4.69) is 272 Å². The standard InChI is InChI=1S/C66H44BNO2/c1-7-19-45(20-8-1)49-31-35-56(47-23-11-3-12-24-47)58(39-49)51-33-37-60-62(41-51)69-64-43-55(68(53-27-15-5-16-28-53)54-29-17-6-18-30-54)44-65-66(64)67(60)61-38-34-52(42-63(61)70-65)59-40-50(46-21-9-2-10-22-46)32-36-57(59)48-25-13-4-14-26-48/h1-44H. The molecule has 0 saturated carbocycles. The third-order valence-corrected chi connectivity index (χ3v) is 13.8. The van der Waals surface area contributed by atoms with Crippen molar-refractivity contribution in [1.29, 1.82) is 0 Å². The molecule has 70 heavy (non-hydrogen) atoms. The largest absolute Gasteiger partial charge is 0.458 e. The quantitative estimate of drug-likeness (QED) is 0.135. The van der Waals surface area contributed by atoms with Crippen LogP contribution in [-0.2, 0) is 0 Å². The lowest BCUT2D eigenvalue weighted by Crippen LogP contribution is -2.57. The van der Waals surface area contributed by atoms with Gasteiger partial charge < -0.3 is 14.4 Å². The summed E-state index contributed by atoms with van der Waals surface area (Å²) in [4.78, 5) is 2.28. The van der Waals surface area contributed by atoms with Crippen molar-refractivity contribution in [1.82, 2.24) is 0 Å². The van der Waals surface area contributed by atoms with Gasteiger partial charge in [0.1, 0.15) is 23.0 Å². The number of hydrogen-bond acceptors (Lipinski definition) is 3. The van der Waals surface area contributed by atoms with Gasteiger partial charge in [0.2, 0.25) is 0 Å². The molecule has 0 amide bonds. The van der Waals surface area contributed by atoms with E-state index in [0.29, 0.717) is 0 Å². The summed E-state index contributed by atoms with van der Waals surface area (Å²) in [6, 6.07) is 95.2. The first-order valence-corrected chi connectivity index (χ1v) is 23.9. The van der Waals surface area contributed by atoms with Crippen LogP contribution in [0.4, 0.5) is 17.1 Å². The highest BCUT2D eigenvalue weighted by atomic mass is 16.5. The Morgan fingerprint density at radius 1 is 0.243 bits per heavy atom. The SMILES string of the molecule is c1ccc(-c2ccc(-c3ccccc3)c(-c3ccc4c(c3)Oc3cc(N(c5ccccc5)c5ccccc5)cc5c3B4c3ccc(-c4cc(-c6ccccc6)ccc4-c4ccccc4)cc3O5)c2)cc1. The Bertz CT molecular complexity index is 3460. The first kappa shape index (κ1) is 41.1. The maximum absolute atomic E-state index is 7.23. The van der Waals surface area contributed by atoms with E-state index < -0.39 is 0 Å². The van der Waals surface area contributed by atoms with Gasteiger partial charge >= 0.3 is 0 Å². The molecule has 2 aliphatic heterocycles. The molecule has 2 aliphatic rings. The molecule has 0 atom stereocenters. The molecule has 2 heterocycles. The van der Waals surface area contributed by atoms with E-state index in [1.807, 2.05) is 0 Å². The molecule has 0 saturated heterocycles. The van der Waals surface area contributed by atoms with Crippen molar-refractivity contribution < 1.29 is 9.47 Å². The van der Waals surface area contributed by atoms with Crippen LogP contribution in [-0.4, -0.2) is 6.71 Å². The fraction of sp³-hybridized carbons (Fsp3) is 0. The van der Waals surface area contributed by atoms with E-state index in [4.69, 9.17) is 9.47 Å². The molecular formula is C66H44BNO2. The molecule has 0 aromatic heterocycles. The fourth-order valence-electron chi connectivity index (χ4n) is 10.5. The van der Waals surface area contributed by atoms with E-state index >= 15 is 0 Å². The number of ether oxygens (including phenoxy) is 2. The number of benzene rings is 11. The monoisotopic (exact) mass is 893 g/mol.